The summed E-state index contributed by atoms with van der Waals surface area (Å²) in [5.74, 6) is 0.638. The van der Waals surface area contributed by atoms with E-state index in [1.54, 1.807) is 19.1 Å². The fourth-order valence-electron chi connectivity index (χ4n) is 2.28. The predicted molar refractivity (Wildman–Crippen MR) is 74.2 cm³/mol. The van der Waals surface area contributed by atoms with Crippen molar-refractivity contribution in [1.29, 1.82) is 0 Å². The lowest BCUT2D eigenvalue weighted by Gasteiger charge is -2.28. The molecule has 2 nitrogen and oxygen atoms in total. The summed E-state index contributed by atoms with van der Waals surface area (Å²) in [7, 11) is 0. The van der Waals surface area contributed by atoms with Crippen LogP contribution in [0.2, 0.25) is 0 Å². The van der Waals surface area contributed by atoms with Gasteiger partial charge in [-0.3, -0.25) is 0 Å². The molecule has 19 heavy (non-hydrogen) atoms. The average molecular weight is 257 g/mol. The van der Waals surface area contributed by atoms with Crippen molar-refractivity contribution in [2.75, 3.05) is 11.9 Å². The van der Waals surface area contributed by atoms with E-state index in [4.69, 9.17) is 4.74 Å². The highest BCUT2D eigenvalue weighted by atomic mass is 19.1. The van der Waals surface area contributed by atoms with Gasteiger partial charge >= 0.3 is 0 Å². The van der Waals surface area contributed by atoms with Gasteiger partial charge in [-0.2, -0.15) is 0 Å². The maximum atomic E-state index is 13.6. The van der Waals surface area contributed by atoms with Crippen LogP contribution in [0, 0.1) is 19.7 Å². The molecule has 3 heteroatoms. The van der Waals surface area contributed by atoms with Crippen molar-refractivity contribution in [2.45, 2.75) is 20.0 Å². The van der Waals surface area contributed by atoms with E-state index in [0.717, 1.165) is 17.0 Å². The van der Waals surface area contributed by atoms with Gasteiger partial charge in [0.1, 0.15) is 17.7 Å². The standard InChI is InChI=1S/C16H16FNO/c1-10-3-6-15-14(7-10)18-9-16(19-15)12-5-4-11(2)13(17)8-12/h3-8,16,18H,9H2,1-2H3. The highest BCUT2D eigenvalue weighted by Gasteiger charge is 2.21. The Kier molecular flexibility index (Phi) is 2.90. The quantitative estimate of drug-likeness (QED) is 0.834. The maximum absolute atomic E-state index is 13.6. The molecule has 1 atom stereocenters. The Morgan fingerprint density at radius 3 is 2.79 bits per heavy atom. The summed E-state index contributed by atoms with van der Waals surface area (Å²) in [5.41, 5.74) is 3.71. The van der Waals surface area contributed by atoms with Crippen LogP contribution >= 0.6 is 0 Å². The molecule has 2 aromatic carbocycles. The number of halogens is 1. The highest BCUT2D eigenvalue weighted by molar-refractivity contribution is 5.59. The van der Waals surface area contributed by atoms with Crippen molar-refractivity contribution >= 4 is 5.69 Å². The number of ether oxygens (including phenoxy) is 1. The molecule has 1 aliphatic heterocycles. The van der Waals surface area contributed by atoms with Gasteiger partial charge in [-0.25, -0.2) is 4.39 Å². The number of benzene rings is 2. The van der Waals surface area contributed by atoms with Crippen molar-refractivity contribution in [1.82, 2.24) is 0 Å². The van der Waals surface area contributed by atoms with Gasteiger partial charge in [0.15, 0.2) is 0 Å². The van der Waals surface area contributed by atoms with Crippen LogP contribution in [0.15, 0.2) is 36.4 Å². The predicted octanol–water partition coefficient (Wildman–Crippen LogP) is 3.99. The third-order valence-electron chi connectivity index (χ3n) is 3.45. The number of nitrogens with one attached hydrogen (secondary N) is 1. The third-order valence-corrected chi connectivity index (χ3v) is 3.45. The second-order valence-electron chi connectivity index (χ2n) is 5.00. The molecule has 1 heterocycles. The van der Waals surface area contributed by atoms with Crippen LogP contribution < -0.4 is 10.1 Å². The van der Waals surface area contributed by atoms with Crippen molar-refractivity contribution in [3.8, 4) is 5.75 Å². The molecule has 2 aromatic rings. The number of anilines is 1. The van der Waals surface area contributed by atoms with Crippen LogP contribution in [0.5, 0.6) is 5.75 Å². The van der Waals surface area contributed by atoms with Gasteiger partial charge < -0.3 is 10.1 Å². The van der Waals surface area contributed by atoms with E-state index in [-0.39, 0.29) is 11.9 Å². The molecule has 1 N–H and O–H groups in total. The van der Waals surface area contributed by atoms with E-state index in [0.29, 0.717) is 12.1 Å². The van der Waals surface area contributed by atoms with Gasteiger partial charge in [-0.1, -0.05) is 18.2 Å². The van der Waals surface area contributed by atoms with E-state index in [1.165, 1.54) is 5.56 Å². The Hall–Kier alpha value is -2.03. The molecule has 1 aliphatic rings. The molecular weight excluding hydrogens is 241 g/mol. The van der Waals surface area contributed by atoms with Crippen molar-refractivity contribution in [2.24, 2.45) is 0 Å². The number of aryl methyl sites for hydroxylation is 2. The Balaban J connectivity index is 1.89. The SMILES string of the molecule is Cc1ccc2c(c1)NCC(c1ccc(C)c(F)c1)O2. The maximum Gasteiger partial charge on any atom is 0.143 e. The number of fused-ring (bicyclic) bond motifs is 1. The number of rotatable bonds is 1. The zero-order chi connectivity index (χ0) is 13.4. The number of hydrogen-bond acceptors (Lipinski definition) is 2. The van der Waals surface area contributed by atoms with E-state index in [9.17, 15) is 4.39 Å². The molecule has 0 amide bonds. The first-order valence-electron chi connectivity index (χ1n) is 6.41. The van der Waals surface area contributed by atoms with Gasteiger partial charge in [-0.15, -0.1) is 0 Å². The average Bonchev–Trinajstić information content (AvgIpc) is 2.41. The van der Waals surface area contributed by atoms with E-state index in [2.05, 4.69) is 11.4 Å². The zero-order valence-corrected chi connectivity index (χ0v) is 11.0. The van der Waals surface area contributed by atoms with Gasteiger partial charge in [0.2, 0.25) is 0 Å². The van der Waals surface area contributed by atoms with Gasteiger partial charge in [-0.05, 0) is 48.7 Å². The second kappa shape index (κ2) is 4.57. The van der Waals surface area contributed by atoms with E-state index < -0.39 is 0 Å². The van der Waals surface area contributed by atoms with Gasteiger partial charge in [0.25, 0.3) is 0 Å². The molecule has 0 fully saturated rings. The lowest BCUT2D eigenvalue weighted by atomic mass is 10.0. The first kappa shape index (κ1) is 12.0. The molecule has 0 spiro atoms. The van der Waals surface area contributed by atoms with Gasteiger partial charge in [0.05, 0.1) is 12.2 Å². The monoisotopic (exact) mass is 257 g/mol. The van der Waals surface area contributed by atoms with Gasteiger partial charge in [0, 0.05) is 0 Å². The highest BCUT2D eigenvalue weighted by Crippen LogP contribution is 2.34. The van der Waals surface area contributed by atoms with Crippen LogP contribution in [0.25, 0.3) is 0 Å². The molecule has 0 aromatic heterocycles. The minimum absolute atomic E-state index is 0.148. The molecule has 98 valence electrons. The van der Waals surface area contributed by atoms with E-state index in [1.807, 2.05) is 25.1 Å². The summed E-state index contributed by atoms with van der Waals surface area (Å²) < 4.78 is 19.5. The lowest BCUT2D eigenvalue weighted by Crippen LogP contribution is -2.23. The van der Waals surface area contributed by atoms with Crippen LogP contribution in [0.1, 0.15) is 22.8 Å². The van der Waals surface area contributed by atoms with Crippen molar-refractivity contribution in [3.63, 3.8) is 0 Å². The Labute approximate surface area is 112 Å². The Bertz CT molecular complexity index is 624. The van der Waals surface area contributed by atoms with Crippen LogP contribution in [-0.2, 0) is 0 Å². The molecule has 0 saturated heterocycles. The molecule has 3 rings (SSSR count). The molecule has 0 bridgehead atoms. The fourth-order valence-corrected chi connectivity index (χ4v) is 2.28. The summed E-state index contributed by atoms with van der Waals surface area (Å²) in [6.45, 7) is 4.46. The molecule has 0 radical (unpaired) electrons. The summed E-state index contributed by atoms with van der Waals surface area (Å²) in [5, 5.41) is 3.34. The molecule has 0 saturated carbocycles. The first-order chi connectivity index (χ1) is 9.13. The summed E-state index contributed by atoms with van der Waals surface area (Å²) in [6.07, 6.45) is -0.148. The summed E-state index contributed by atoms with van der Waals surface area (Å²) >= 11 is 0. The normalized spacial score (nSPS) is 17.3. The topological polar surface area (TPSA) is 21.3 Å². The van der Waals surface area contributed by atoms with Crippen LogP contribution in [-0.4, -0.2) is 6.54 Å². The van der Waals surface area contributed by atoms with Crippen molar-refractivity contribution < 1.29 is 9.13 Å². The summed E-state index contributed by atoms with van der Waals surface area (Å²) in [4.78, 5) is 0. The Morgan fingerprint density at radius 1 is 1.16 bits per heavy atom. The molecular formula is C16H16FNO. The zero-order valence-electron chi connectivity index (χ0n) is 11.0. The first-order valence-corrected chi connectivity index (χ1v) is 6.41. The minimum atomic E-state index is -0.184. The Morgan fingerprint density at radius 2 is 2.00 bits per heavy atom. The van der Waals surface area contributed by atoms with Crippen LogP contribution in [0.3, 0.4) is 0 Å². The van der Waals surface area contributed by atoms with Crippen molar-refractivity contribution in [3.05, 3.63) is 58.9 Å². The third kappa shape index (κ3) is 2.28. The summed E-state index contributed by atoms with van der Waals surface area (Å²) in [6, 6.07) is 11.3. The van der Waals surface area contributed by atoms with Crippen LogP contribution in [0.4, 0.5) is 10.1 Å². The number of hydrogen-bond donors (Lipinski definition) is 1. The second-order valence-corrected chi connectivity index (χ2v) is 5.00. The van der Waals surface area contributed by atoms with E-state index >= 15 is 0 Å². The fraction of sp³-hybridized carbons (Fsp3) is 0.250. The molecule has 0 aliphatic carbocycles. The minimum Gasteiger partial charge on any atom is -0.482 e. The largest absolute Gasteiger partial charge is 0.482 e. The smallest absolute Gasteiger partial charge is 0.143 e. The lowest BCUT2D eigenvalue weighted by molar-refractivity contribution is 0.210. The molecule has 1 unspecified atom stereocenters.